The number of nitrogens with zero attached hydrogens (tertiary/aromatic N) is 4. The van der Waals surface area contributed by atoms with Gasteiger partial charge in [-0.3, -0.25) is 14.9 Å². The van der Waals surface area contributed by atoms with Crippen LogP contribution in [-0.2, 0) is 16.6 Å². The first-order valence-corrected chi connectivity index (χ1v) is 15.3. The SMILES string of the molecule is O=C(NO)c1cnc(N2CCN(S(=O)(=O)c3ccc(-c4cccc(CN5CCCCCC5)c4)cc3)CC2)s1. The highest BCUT2D eigenvalue weighted by Crippen LogP contribution is 2.27. The molecular weight excluding hydrogens is 522 g/mol. The zero-order chi connectivity index (χ0) is 26.5. The van der Waals surface area contributed by atoms with Gasteiger partial charge in [0.15, 0.2) is 5.13 Å². The minimum Gasteiger partial charge on any atom is -0.345 e. The maximum absolute atomic E-state index is 13.3. The lowest BCUT2D eigenvalue weighted by atomic mass is 10.0. The highest BCUT2D eigenvalue weighted by Gasteiger charge is 2.29. The molecule has 3 aromatic rings. The van der Waals surface area contributed by atoms with Gasteiger partial charge in [-0.1, -0.05) is 54.5 Å². The Bertz CT molecular complexity index is 1340. The molecule has 1 amide bonds. The Labute approximate surface area is 227 Å². The van der Waals surface area contributed by atoms with Crippen molar-refractivity contribution in [3.63, 3.8) is 0 Å². The van der Waals surface area contributed by atoms with E-state index in [1.807, 2.05) is 17.0 Å². The number of sulfonamides is 1. The molecular formula is C27H33N5O4S2. The highest BCUT2D eigenvalue weighted by molar-refractivity contribution is 7.89. The fraction of sp³-hybridized carbons (Fsp3) is 0.407. The first-order chi connectivity index (χ1) is 18.4. The number of hydroxylamine groups is 1. The van der Waals surface area contributed by atoms with E-state index in [1.165, 1.54) is 41.7 Å². The zero-order valence-corrected chi connectivity index (χ0v) is 22.9. The quantitative estimate of drug-likeness (QED) is 0.337. The van der Waals surface area contributed by atoms with Crippen molar-refractivity contribution in [2.75, 3.05) is 44.2 Å². The van der Waals surface area contributed by atoms with Crippen LogP contribution in [0.15, 0.2) is 59.6 Å². The third-order valence-electron chi connectivity index (χ3n) is 7.19. The number of amides is 1. The second-order valence-electron chi connectivity index (χ2n) is 9.75. The van der Waals surface area contributed by atoms with E-state index >= 15 is 0 Å². The molecule has 0 bridgehead atoms. The molecule has 0 radical (unpaired) electrons. The largest absolute Gasteiger partial charge is 0.345 e. The van der Waals surface area contributed by atoms with Gasteiger partial charge in [0.05, 0.1) is 11.1 Å². The molecule has 2 fully saturated rings. The Balaban J connectivity index is 1.22. The molecule has 0 unspecified atom stereocenters. The summed E-state index contributed by atoms with van der Waals surface area (Å²) in [5.41, 5.74) is 4.97. The maximum Gasteiger partial charge on any atom is 0.286 e. The second kappa shape index (κ2) is 11.9. The van der Waals surface area contributed by atoms with Crippen molar-refractivity contribution in [2.24, 2.45) is 0 Å². The molecule has 2 aliphatic rings. The van der Waals surface area contributed by atoms with Crippen LogP contribution in [0.25, 0.3) is 11.1 Å². The number of hydrogen-bond acceptors (Lipinski definition) is 8. The van der Waals surface area contributed by atoms with Gasteiger partial charge in [0.25, 0.3) is 5.91 Å². The van der Waals surface area contributed by atoms with E-state index in [0.717, 1.165) is 42.1 Å². The fourth-order valence-corrected chi connectivity index (χ4v) is 7.34. The van der Waals surface area contributed by atoms with Crippen LogP contribution in [0.2, 0.25) is 0 Å². The molecule has 5 rings (SSSR count). The minimum atomic E-state index is -3.62. The number of benzene rings is 2. The van der Waals surface area contributed by atoms with Gasteiger partial charge in [-0.25, -0.2) is 18.9 Å². The van der Waals surface area contributed by atoms with E-state index in [1.54, 1.807) is 17.6 Å². The molecule has 38 heavy (non-hydrogen) atoms. The summed E-state index contributed by atoms with van der Waals surface area (Å²) < 4.78 is 28.1. The summed E-state index contributed by atoms with van der Waals surface area (Å²) in [6, 6.07) is 15.7. The Hall–Kier alpha value is -2.83. The summed E-state index contributed by atoms with van der Waals surface area (Å²) in [6.45, 7) is 4.83. The summed E-state index contributed by atoms with van der Waals surface area (Å²) >= 11 is 1.16. The van der Waals surface area contributed by atoms with Gasteiger partial charge in [0.1, 0.15) is 4.88 Å². The Morgan fingerprint density at radius 1 is 0.921 bits per heavy atom. The zero-order valence-electron chi connectivity index (χ0n) is 21.3. The number of piperazine rings is 1. The molecule has 9 nitrogen and oxygen atoms in total. The smallest absolute Gasteiger partial charge is 0.286 e. The van der Waals surface area contributed by atoms with E-state index in [-0.39, 0.29) is 4.90 Å². The molecule has 3 heterocycles. The molecule has 2 aromatic carbocycles. The van der Waals surface area contributed by atoms with E-state index < -0.39 is 15.9 Å². The molecule has 2 N–H and O–H groups in total. The van der Waals surface area contributed by atoms with Gasteiger partial charge in [-0.2, -0.15) is 4.31 Å². The molecule has 0 saturated carbocycles. The topological polar surface area (TPSA) is 106 Å². The Morgan fingerprint density at radius 2 is 1.63 bits per heavy atom. The van der Waals surface area contributed by atoms with Crippen LogP contribution in [0.3, 0.4) is 0 Å². The second-order valence-corrected chi connectivity index (χ2v) is 12.7. The number of aromatic nitrogens is 1. The molecule has 0 aliphatic carbocycles. The highest BCUT2D eigenvalue weighted by atomic mass is 32.2. The van der Waals surface area contributed by atoms with Gasteiger partial charge >= 0.3 is 0 Å². The van der Waals surface area contributed by atoms with Gasteiger partial charge in [0, 0.05) is 32.7 Å². The summed E-state index contributed by atoms with van der Waals surface area (Å²) in [5.74, 6) is -0.609. The van der Waals surface area contributed by atoms with Crippen LogP contribution in [0.5, 0.6) is 0 Å². The molecule has 2 aliphatic heterocycles. The molecule has 11 heteroatoms. The Morgan fingerprint density at radius 3 is 2.32 bits per heavy atom. The lowest BCUT2D eigenvalue weighted by Crippen LogP contribution is -2.48. The van der Waals surface area contributed by atoms with Gasteiger partial charge in [0.2, 0.25) is 10.0 Å². The molecule has 1 aromatic heterocycles. The van der Waals surface area contributed by atoms with Crippen LogP contribution in [0.1, 0.15) is 40.9 Å². The van der Waals surface area contributed by atoms with Crippen molar-refractivity contribution in [1.29, 1.82) is 0 Å². The van der Waals surface area contributed by atoms with Crippen molar-refractivity contribution in [2.45, 2.75) is 37.1 Å². The average Bonchev–Trinajstić information content (AvgIpc) is 3.31. The number of carbonyl (C=O) groups is 1. The van der Waals surface area contributed by atoms with Crippen molar-refractivity contribution in [1.82, 2.24) is 19.7 Å². The number of likely N-dealkylation sites (tertiary alicyclic amines) is 1. The van der Waals surface area contributed by atoms with Crippen LogP contribution in [-0.4, -0.2) is 73.0 Å². The van der Waals surface area contributed by atoms with Crippen molar-refractivity contribution in [3.8, 4) is 11.1 Å². The molecule has 2 saturated heterocycles. The lowest BCUT2D eigenvalue weighted by Gasteiger charge is -2.33. The molecule has 0 atom stereocenters. The summed E-state index contributed by atoms with van der Waals surface area (Å²) in [7, 11) is -3.62. The van der Waals surface area contributed by atoms with E-state index in [0.29, 0.717) is 36.2 Å². The maximum atomic E-state index is 13.3. The van der Waals surface area contributed by atoms with Gasteiger partial charge in [-0.15, -0.1) is 0 Å². The predicted octanol–water partition coefficient (Wildman–Crippen LogP) is 3.82. The minimum absolute atomic E-state index is 0.284. The molecule has 0 spiro atoms. The Kier molecular flexibility index (Phi) is 8.39. The third kappa shape index (κ3) is 6.08. The summed E-state index contributed by atoms with van der Waals surface area (Å²) in [5, 5.41) is 9.42. The van der Waals surface area contributed by atoms with Crippen LogP contribution >= 0.6 is 11.3 Å². The van der Waals surface area contributed by atoms with Gasteiger partial charge in [-0.05, 0) is 60.8 Å². The fourth-order valence-electron chi connectivity index (χ4n) is 5.06. The summed E-state index contributed by atoms with van der Waals surface area (Å²) in [6.07, 6.45) is 6.57. The summed E-state index contributed by atoms with van der Waals surface area (Å²) in [4.78, 5) is 20.9. The predicted molar refractivity (Wildman–Crippen MR) is 148 cm³/mol. The molecule has 202 valence electrons. The first-order valence-electron chi connectivity index (χ1n) is 13.0. The van der Waals surface area contributed by atoms with Crippen LogP contribution < -0.4 is 10.4 Å². The monoisotopic (exact) mass is 555 g/mol. The van der Waals surface area contributed by atoms with E-state index in [9.17, 15) is 13.2 Å². The van der Waals surface area contributed by atoms with Crippen molar-refractivity contribution >= 4 is 32.4 Å². The van der Waals surface area contributed by atoms with Gasteiger partial charge < -0.3 is 4.90 Å². The lowest BCUT2D eigenvalue weighted by molar-refractivity contribution is 0.0710. The number of carbonyl (C=O) groups excluding carboxylic acids is 1. The normalized spacial score (nSPS) is 17.8. The number of rotatable bonds is 7. The standard InChI is InChI=1S/C27H33N5O4S2/c33-26(29-34)25-19-28-27(37-25)31-14-16-32(17-15-31)38(35,36)24-10-8-22(9-11-24)23-7-5-6-21(18-23)20-30-12-3-1-2-4-13-30/h5-11,18-19,34H,1-4,12-17,20H2,(H,29,33). The first kappa shape index (κ1) is 26.8. The van der Waals surface area contributed by atoms with Crippen LogP contribution in [0, 0.1) is 0 Å². The number of nitrogens with one attached hydrogen (secondary N) is 1. The number of thiazole rings is 1. The third-order valence-corrected chi connectivity index (χ3v) is 10.2. The van der Waals surface area contributed by atoms with Crippen LogP contribution in [0.4, 0.5) is 5.13 Å². The average molecular weight is 556 g/mol. The number of anilines is 1. The number of hydrogen-bond donors (Lipinski definition) is 2. The van der Waals surface area contributed by atoms with E-state index in [2.05, 4.69) is 34.1 Å². The van der Waals surface area contributed by atoms with E-state index in [4.69, 9.17) is 5.21 Å². The van der Waals surface area contributed by atoms with Crippen molar-refractivity contribution in [3.05, 3.63) is 65.2 Å². The van der Waals surface area contributed by atoms with Crippen molar-refractivity contribution < 1.29 is 18.4 Å².